The van der Waals surface area contributed by atoms with Crippen molar-refractivity contribution < 1.29 is 47.9 Å². The zero-order valence-electron chi connectivity index (χ0n) is 34.0. The number of carbonyl (C=O) groups is 3. The molecular formula is C46H63FO9. The number of benzene rings is 2. The van der Waals surface area contributed by atoms with E-state index in [1.807, 2.05) is 24.3 Å². The topological polar surface area (TPSA) is 129 Å². The molecule has 2 aromatic carbocycles. The van der Waals surface area contributed by atoms with E-state index in [1.165, 1.54) is 59.3 Å². The quantitative estimate of drug-likeness (QED) is 0.0465. The van der Waals surface area contributed by atoms with Crippen LogP contribution in [0.5, 0.6) is 5.75 Å². The molecule has 1 aliphatic carbocycles. The van der Waals surface area contributed by atoms with Gasteiger partial charge in [0.2, 0.25) is 0 Å². The predicted molar refractivity (Wildman–Crippen MR) is 217 cm³/mol. The average molecular weight is 779 g/mol. The van der Waals surface area contributed by atoms with Crippen molar-refractivity contribution in [3.63, 3.8) is 0 Å². The van der Waals surface area contributed by atoms with E-state index in [2.05, 4.69) is 26.7 Å². The Balaban J connectivity index is 2.02. The summed E-state index contributed by atoms with van der Waals surface area (Å²) in [5.74, 6) is -0.913. The SMILES string of the molecule is C=C(C)C(=O)OCC(COC(=O)C(=C)C)(COC(=O)C(=C)C)COc1c(CCCO)cc(-c2ccc(C3CCC(CCCCC)CC3)cc2F)cc1CCCO. The van der Waals surface area contributed by atoms with Gasteiger partial charge in [-0.15, -0.1) is 0 Å². The van der Waals surface area contributed by atoms with Crippen LogP contribution in [0, 0.1) is 17.2 Å². The van der Waals surface area contributed by atoms with Crippen molar-refractivity contribution in [1.82, 2.24) is 0 Å². The summed E-state index contributed by atoms with van der Waals surface area (Å²) in [6.07, 6.45) is 11.0. The van der Waals surface area contributed by atoms with Crippen LogP contribution in [0.4, 0.5) is 4.39 Å². The molecule has 1 fully saturated rings. The first-order valence-electron chi connectivity index (χ1n) is 20.0. The standard InChI is InChI=1S/C46H63FO9/c1-8-9-10-13-34-16-18-35(19-17-34)36-20-21-40(41(47)26-36)39-24-37(14-11-22-48)42(38(25-39)15-12-23-49)53-27-46(28-54-43(50)31(2)3,29-55-44(51)32(4)5)30-56-45(52)33(6)7/h20-21,24-26,34-35,48-49H,2,4,6,8-19,22-23,27-30H2,1,3,5,7H3. The molecule has 10 heteroatoms. The van der Waals surface area contributed by atoms with Crippen molar-refractivity contribution in [2.24, 2.45) is 11.3 Å². The highest BCUT2D eigenvalue weighted by molar-refractivity contribution is 5.88. The van der Waals surface area contributed by atoms with Crippen LogP contribution in [-0.2, 0) is 41.4 Å². The Morgan fingerprint density at radius 2 is 1.23 bits per heavy atom. The Hall–Kier alpha value is -4.28. The molecule has 0 aromatic heterocycles. The lowest BCUT2D eigenvalue weighted by Gasteiger charge is -2.33. The second kappa shape index (κ2) is 23.1. The molecule has 0 unspecified atom stereocenters. The molecule has 2 aromatic rings. The maximum absolute atomic E-state index is 16.1. The van der Waals surface area contributed by atoms with Gasteiger partial charge in [0.1, 0.15) is 43.4 Å². The van der Waals surface area contributed by atoms with Gasteiger partial charge in [-0.3, -0.25) is 0 Å². The number of aliphatic hydroxyl groups is 2. The second-order valence-corrected chi connectivity index (χ2v) is 15.6. The second-order valence-electron chi connectivity index (χ2n) is 15.6. The number of rotatable bonds is 24. The van der Waals surface area contributed by atoms with E-state index in [4.69, 9.17) is 18.9 Å². The first-order chi connectivity index (χ1) is 26.7. The van der Waals surface area contributed by atoms with Crippen LogP contribution >= 0.6 is 0 Å². The number of hydrogen-bond donors (Lipinski definition) is 2. The van der Waals surface area contributed by atoms with Gasteiger partial charge in [-0.05, 0) is 124 Å². The van der Waals surface area contributed by atoms with E-state index in [-0.39, 0.29) is 62.2 Å². The Kier molecular flexibility index (Phi) is 19.0. The third kappa shape index (κ3) is 14.0. The van der Waals surface area contributed by atoms with Gasteiger partial charge in [-0.1, -0.05) is 64.5 Å². The summed E-state index contributed by atoms with van der Waals surface area (Å²) in [5, 5.41) is 19.7. The van der Waals surface area contributed by atoms with Gasteiger partial charge in [-0.2, -0.15) is 0 Å². The summed E-state index contributed by atoms with van der Waals surface area (Å²) in [5.41, 5.74) is 2.45. The highest BCUT2D eigenvalue weighted by atomic mass is 19.1. The van der Waals surface area contributed by atoms with Gasteiger partial charge in [0.05, 0.1) is 0 Å². The van der Waals surface area contributed by atoms with Crippen molar-refractivity contribution >= 4 is 17.9 Å². The fraction of sp³-hybridized carbons (Fsp3) is 0.543. The van der Waals surface area contributed by atoms with Gasteiger partial charge in [0.15, 0.2) is 0 Å². The van der Waals surface area contributed by atoms with Crippen LogP contribution in [-0.4, -0.2) is 67.8 Å². The average Bonchev–Trinajstić information content (AvgIpc) is 3.18. The normalized spacial score (nSPS) is 15.5. The molecule has 56 heavy (non-hydrogen) atoms. The lowest BCUT2D eigenvalue weighted by molar-refractivity contribution is -0.159. The van der Waals surface area contributed by atoms with Crippen LogP contribution in [0.25, 0.3) is 11.1 Å². The van der Waals surface area contributed by atoms with Gasteiger partial charge in [0.25, 0.3) is 0 Å². The highest BCUT2D eigenvalue weighted by Gasteiger charge is 2.38. The van der Waals surface area contributed by atoms with Crippen molar-refractivity contribution in [2.75, 3.05) is 39.6 Å². The van der Waals surface area contributed by atoms with E-state index in [9.17, 15) is 24.6 Å². The summed E-state index contributed by atoms with van der Waals surface area (Å²) in [6, 6.07) is 9.23. The number of hydrogen-bond acceptors (Lipinski definition) is 9. The lowest BCUT2D eigenvalue weighted by atomic mass is 9.77. The number of esters is 3. The lowest BCUT2D eigenvalue weighted by Crippen LogP contribution is -2.44. The van der Waals surface area contributed by atoms with Gasteiger partial charge in [0, 0.05) is 35.5 Å². The Morgan fingerprint density at radius 3 is 1.66 bits per heavy atom. The fourth-order valence-corrected chi connectivity index (χ4v) is 6.99. The number of aryl methyl sites for hydroxylation is 2. The maximum Gasteiger partial charge on any atom is 0.333 e. The summed E-state index contributed by atoms with van der Waals surface area (Å²) < 4.78 is 39.3. The van der Waals surface area contributed by atoms with Crippen LogP contribution in [0.2, 0.25) is 0 Å². The molecule has 0 radical (unpaired) electrons. The van der Waals surface area contributed by atoms with Gasteiger partial charge in [-0.25, -0.2) is 18.8 Å². The van der Waals surface area contributed by atoms with Crippen molar-refractivity contribution in [1.29, 1.82) is 0 Å². The first kappa shape index (κ1) is 46.1. The molecule has 0 bridgehead atoms. The Bertz CT molecular complexity index is 1570. The highest BCUT2D eigenvalue weighted by Crippen LogP contribution is 2.40. The number of unbranched alkanes of at least 4 members (excludes halogenated alkanes) is 2. The molecule has 0 aliphatic heterocycles. The third-order valence-electron chi connectivity index (χ3n) is 10.4. The number of aliphatic hydroxyl groups excluding tert-OH is 2. The summed E-state index contributed by atoms with van der Waals surface area (Å²) in [6.45, 7) is 16.0. The van der Waals surface area contributed by atoms with Crippen LogP contribution in [0.3, 0.4) is 0 Å². The Morgan fingerprint density at radius 1 is 0.732 bits per heavy atom. The molecule has 1 aliphatic rings. The van der Waals surface area contributed by atoms with E-state index >= 15 is 4.39 Å². The fourth-order valence-electron chi connectivity index (χ4n) is 6.99. The first-order valence-corrected chi connectivity index (χ1v) is 20.0. The van der Waals surface area contributed by atoms with Crippen molar-refractivity contribution in [3.05, 3.63) is 89.3 Å². The summed E-state index contributed by atoms with van der Waals surface area (Å²) in [7, 11) is 0. The van der Waals surface area contributed by atoms with Crippen molar-refractivity contribution in [2.45, 2.75) is 111 Å². The monoisotopic (exact) mass is 778 g/mol. The van der Waals surface area contributed by atoms with Gasteiger partial charge >= 0.3 is 17.9 Å². The zero-order chi connectivity index (χ0) is 41.3. The van der Waals surface area contributed by atoms with Crippen LogP contribution in [0.15, 0.2) is 66.8 Å². The molecular weight excluding hydrogens is 715 g/mol. The summed E-state index contributed by atoms with van der Waals surface area (Å²) >= 11 is 0. The zero-order valence-corrected chi connectivity index (χ0v) is 34.0. The molecule has 0 spiro atoms. The molecule has 0 heterocycles. The third-order valence-corrected chi connectivity index (χ3v) is 10.4. The maximum atomic E-state index is 16.1. The molecule has 0 atom stereocenters. The summed E-state index contributed by atoms with van der Waals surface area (Å²) in [4.78, 5) is 37.8. The molecule has 0 saturated heterocycles. The molecule has 2 N–H and O–H groups in total. The van der Waals surface area contributed by atoms with E-state index < -0.39 is 23.3 Å². The molecule has 1 saturated carbocycles. The number of halogens is 1. The smallest absolute Gasteiger partial charge is 0.333 e. The van der Waals surface area contributed by atoms with Gasteiger partial charge < -0.3 is 29.2 Å². The van der Waals surface area contributed by atoms with Crippen molar-refractivity contribution in [3.8, 4) is 16.9 Å². The van der Waals surface area contributed by atoms with Crippen LogP contribution < -0.4 is 4.74 Å². The predicted octanol–water partition coefficient (Wildman–Crippen LogP) is 8.92. The molecule has 308 valence electrons. The molecule has 9 nitrogen and oxygen atoms in total. The number of ether oxygens (including phenoxy) is 4. The minimum Gasteiger partial charge on any atom is -0.492 e. The van der Waals surface area contributed by atoms with E-state index in [0.29, 0.717) is 59.6 Å². The number of carbonyl (C=O) groups excluding carboxylic acids is 3. The molecule has 0 amide bonds. The molecule has 3 rings (SSSR count). The minimum atomic E-state index is -1.40. The Labute approximate surface area is 333 Å². The minimum absolute atomic E-state index is 0.103. The van der Waals surface area contributed by atoms with Crippen LogP contribution in [0.1, 0.15) is 115 Å². The van der Waals surface area contributed by atoms with E-state index in [1.54, 1.807) is 6.07 Å². The largest absolute Gasteiger partial charge is 0.492 e. The van der Waals surface area contributed by atoms with E-state index in [0.717, 1.165) is 24.3 Å².